The van der Waals surface area contributed by atoms with Crippen LogP contribution < -0.4 is 0 Å². The molecule has 1 saturated heterocycles. The van der Waals surface area contributed by atoms with E-state index in [9.17, 15) is 4.79 Å². The van der Waals surface area contributed by atoms with Crippen molar-refractivity contribution in [2.24, 2.45) is 0 Å². The van der Waals surface area contributed by atoms with Gasteiger partial charge in [0.25, 0.3) is 0 Å². The zero-order valence-electron chi connectivity index (χ0n) is 10.4. The molecule has 0 aromatic heterocycles. The molecular formula is C10H20O10. The number of aliphatic hydroxyl groups excluding tert-OH is 8. The lowest BCUT2D eigenvalue weighted by Gasteiger charge is -2.16. The van der Waals surface area contributed by atoms with Crippen LogP contribution in [0.3, 0.4) is 0 Å². The maximum Gasteiger partial charge on any atom is 0.184 e. The number of aliphatic hydroxyl groups is 8. The highest BCUT2D eigenvalue weighted by Gasteiger charge is 2.41. The molecule has 10 heteroatoms. The second-order valence-electron chi connectivity index (χ2n) is 4.10. The van der Waals surface area contributed by atoms with Crippen LogP contribution in [0.5, 0.6) is 0 Å². The molecule has 8 N–H and O–H groups in total. The van der Waals surface area contributed by atoms with Gasteiger partial charge in [0.15, 0.2) is 12.6 Å². The molecule has 0 aromatic carbocycles. The molecule has 0 spiro atoms. The van der Waals surface area contributed by atoms with Crippen LogP contribution in [-0.2, 0) is 9.53 Å². The first-order chi connectivity index (χ1) is 9.29. The van der Waals surface area contributed by atoms with Gasteiger partial charge in [-0.15, -0.1) is 0 Å². The predicted octanol–water partition coefficient (Wildman–Crippen LogP) is -5.32. The molecule has 1 fully saturated rings. The van der Waals surface area contributed by atoms with E-state index in [2.05, 4.69) is 4.74 Å². The van der Waals surface area contributed by atoms with E-state index in [1.807, 2.05) is 0 Å². The summed E-state index contributed by atoms with van der Waals surface area (Å²) in [5.74, 6) is 0. The smallest absolute Gasteiger partial charge is 0.184 e. The third-order valence-electron chi connectivity index (χ3n) is 2.59. The number of hydrogen-bond acceptors (Lipinski definition) is 10. The zero-order chi connectivity index (χ0) is 15.9. The van der Waals surface area contributed by atoms with Crippen molar-refractivity contribution in [1.29, 1.82) is 0 Å². The molecule has 1 rings (SSSR count). The Hall–Kier alpha value is -0.690. The Morgan fingerprint density at radius 3 is 1.85 bits per heavy atom. The molecule has 1 unspecified atom stereocenters. The van der Waals surface area contributed by atoms with Crippen molar-refractivity contribution in [1.82, 2.24) is 0 Å². The molecule has 0 radical (unpaired) electrons. The number of carbonyl (C=O) groups excluding carboxylic acids is 1. The maximum atomic E-state index is 9.76. The average Bonchev–Trinajstić information content (AvgIpc) is 2.72. The van der Waals surface area contributed by atoms with Crippen molar-refractivity contribution in [3.63, 3.8) is 0 Å². The number of aldehydes is 1. The highest BCUT2D eigenvalue weighted by atomic mass is 16.6. The summed E-state index contributed by atoms with van der Waals surface area (Å²) in [6, 6.07) is 0. The van der Waals surface area contributed by atoms with Crippen molar-refractivity contribution in [2.45, 2.75) is 42.9 Å². The van der Waals surface area contributed by atoms with Crippen LogP contribution >= 0.6 is 0 Å². The number of carbonyl (C=O) groups is 1. The minimum absolute atomic E-state index is 0.0869. The summed E-state index contributed by atoms with van der Waals surface area (Å²) in [7, 11) is 0. The van der Waals surface area contributed by atoms with Crippen molar-refractivity contribution < 1.29 is 50.4 Å². The summed E-state index contributed by atoms with van der Waals surface area (Å²) in [6.45, 7) is -1.10. The third kappa shape index (κ3) is 5.36. The fraction of sp³-hybridized carbons (Fsp3) is 0.900. The first-order valence-electron chi connectivity index (χ1n) is 5.71. The number of hydrogen-bond donors (Lipinski definition) is 8. The topological polar surface area (TPSA) is 188 Å². The van der Waals surface area contributed by atoms with Gasteiger partial charge in [-0.05, 0) is 0 Å². The summed E-state index contributed by atoms with van der Waals surface area (Å²) >= 11 is 0. The summed E-state index contributed by atoms with van der Waals surface area (Å²) in [5, 5.41) is 69.0. The van der Waals surface area contributed by atoms with Crippen LogP contribution in [-0.4, -0.2) is 103 Å². The number of rotatable bonds is 5. The van der Waals surface area contributed by atoms with Crippen LogP contribution in [0.25, 0.3) is 0 Å². The zero-order valence-corrected chi connectivity index (χ0v) is 10.4. The first-order valence-corrected chi connectivity index (χ1v) is 5.71. The van der Waals surface area contributed by atoms with Crippen LogP contribution in [0.2, 0.25) is 0 Å². The molecule has 0 aliphatic carbocycles. The Balaban J connectivity index is 0.000000361. The molecule has 0 saturated carbocycles. The Kier molecular flexibility index (Phi) is 8.96. The quantitative estimate of drug-likeness (QED) is 0.228. The summed E-state index contributed by atoms with van der Waals surface area (Å²) < 4.78 is 4.54. The van der Waals surface area contributed by atoms with Crippen molar-refractivity contribution in [2.75, 3.05) is 13.2 Å². The van der Waals surface area contributed by atoms with Gasteiger partial charge in [-0.1, -0.05) is 0 Å². The van der Waals surface area contributed by atoms with Gasteiger partial charge in [0.2, 0.25) is 0 Å². The second kappa shape index (κ2) is 9.28. The summed E-state index contributed by atoms with van der Waals surface area (Å²) in [5.41, 5.74) is 0. The maximum absolute atomic E-state index is 9.76. The van der Waals surface area contributed by atoms with Crippen LogP contribution in [0.1, 0.15) is 0 Å². The van der Waals surface area contributed by atoms with Crippen LogP contribution in [0.15, 0.2) is 0 Å². The predicted molar refractivity (Wildman–Crippen MR) is 61.1 cm³/mol. The van der Waals surface area contributed by atoms with E-state index in [0.717, 1.165) is 0 Å². The van der Waals surface area contributed by atoms with E-state index >= 15 is 0 Å². The van der Waals surface area contributed by atoms with Gasteiger partial charge in [0.1, 0.15) is 36.6 Å². The minimum Gasteiger partial charge on any atom is -0.394 e. The van der Waals surface area contributed by atoms with Gasteiger partial charge in [0, 0.05) is 0 Å². The highest BCUT2D eigenvalue weighted by Crippen LogP contribution is 2.18. The average molecular weight is 300 g/mol. The molecule has 1 aliphatic rings. The summed E-state index contributed by atoms with van der Waals surface area (Å²) in [4.78, 5) is 9.76. The Bertz CT molecular complexity index is 275. The van der Waals surface area contributed by atoms with Crippen molar-refractivity contribution in [3.8, 4) is 0 Å². The molecule has 0 amide bonds. The van der Waals surface area contributed by atoms with Gasteiger partial charge in [-0.2, -0.15) is 0 Å². The van der Waals surface area contributed by atoms with E-state index in [-0.39, 0.29) is 6.29 Å². The van der Waals surface area contributed by atoms with Gasteiger partial charge in [-0.25, -0.2) is 0 Å². The molecule has 10 nitrogen and oxygen atoms in total. The molecule has 0 aromatic rings. The van der Waals surface area contributed by atoms with Crippen molar-refractivity contribution >= 4 is 6.29 Å². The monoisotopic (exact) mass is 300 g/mol. The van der Waals surface area contributed by atoms with Gasteiger partial charge >= 0.3 is 0 Å². The minimum atomic E-state index is -1.64. The Morgan fingerprint density at radius 2 is 1.60 bits per heavy atom. The van der Waals surface area contributed by atoms with E-state index in [0.29, 0.717) is 0 Å². The Labute approximate surface area is 114 Å². The molecular weight excluding hydrogens is 280 g/mol. The lowest BCUT2D eigenvalue weighted by Crippen LogP contribution is -2.40. The van der Waals surface area contributed by atoms with Gasteiger partial charge in [0.05, 0.1) is 13.2 Å². The molecule has 1 heterocycles. The number of ether oxygens (including phenoxy) is 1. The van der Waals surface area contributed by atoms with E-state index < -0.39 is 56.1 Å². The molecule has 20 heavy (non-hydrogen) atoms. The van der Waals surface area contributed by atoms with Crippen LogP contribution in [0, 0.1) is 0 Å². The lowest BCUT2D eigenvalue weighted by molar-refractivity contribution is -0.132. The fourth-order valence-electron chi connectivity index (χ4n) is 1.30. The third-order valence-corrected chi connectivity index (χ3v) is 2.59. The van der Waals surface area contributed by atoms with Crippen molar-refractivity contribution in [3.05, 3.63) is 0 Å². The highest BCUT2D eigenvalue weighted by molar-refractivity contribution is 5.56. The van der Waals surface area contributed by atoms with E-state index in [4.69, 9.17) is 40.9 Å². The lowest BCUT2D eigenvalue weighted by atomic mass is 10.1. The molecule has 7 atom stereocenters. The van der Waals surface area contributed by atoms with E-state index in [1.165, 1.54) is 0 Å². The van der Waals surface area contributed by atoms with E-state index in [1.54, 1.807) is 0 Å². The standard InChI is InChI=1S/2C5H10O5/c6-1-2-3(7)4(8)5(9)10-2;6-1-3(8)5(10)4(9)2-7/h2-9H,1H2;1,3-5,7-10H,2H2/t2-,3-,4-,5?;3-,4+,5-/m10/s1. The SMILES string of the molecule is O=C[C@H](O)[C@H](O)[C@H](O)CO.OC[C@H]1OC(O)[C@H](O)[C@@H]1O. The molecule has 120 valence electrons. The second-order valence-corrected chi connectivity index (χ2v) is 4.10. The molecule has 0 bridgehead atoms. The van der Waals surface area contributed by atoms with Gasteiger partial charge in [-0.3, -0.25) is 0 Å². The normalized spacial score (nSPS) is 33.8. The summed E-state index contributed by atoms with van der Waals surface area (Å²) in [6.07, 6.45) is -9.39. The fourth-order valence-corrected chi connectivity index (χ4v) is 1.30. The first kappa shape index (κ1) is 19.3. The van der Waals surface area contributed by atoms with Crippen LogP contribution in [0.4, 0.5) is 0 Å². The molecule has 1 aliphatic heterocycles. The Morgan fingerprint density at radius 1 is 1.05 bits per heavy atom. The van der Waals surface area contributed by atoms with Gasteiger partial charge < -0.3 is 50.4 Å². The largest absolute Gasteiger partial charge is 0.394 e.